The molecule has 2 heteroatoms. The van der Waals surface area contributed by atoms with Gasteiger partial charge in [-0.3, -0.25) is 0 Å². The van der Waals surface area contributed by atoms with Crippen LogP contribution in [0.4, 0.5) is 34.1 Å². The average Bonchev–Trinajstić information content (AvgIpc) is 3.47. The Balaban J connectivity index is 0.840. The molecule has 72 heavy (non-hydrogen) atoms. The van der Waals surface area contributed by atoms with E-state index in [2.05, 4.69) is 313 Å². The molecule has 0 unspecified atom stereocenters. The van der Waals surface area contributed by atoms with Gasteiger partial charge < -0.3 is 9.80 Å². The summed E-state index contributed by atoms with van der Waals surface area (Å²) < 4.78 is 0. The molecule has 0 saturated heterocycles. The van der Waals surface area contributed by atoms with Gasteiger partial charge in [0.05, 0.1) is 0 Å². The Bertz CT molecular complexity index is 3610. The first-order chi connectivity index (χ1) is 35.7. The van der Waals surface area contributed by atoms with Crippen LogP contribution in [0.25, 0.3) is 77.5 Å². The lowest BCUT2D eigenvalue weighted by molar-refractivity contribution is 1.28. The Labute approximate surface area is 422 Å². The summed E-state index contributed by atoms with van der Waals surface area (Å²) in [4.78, 5) is 4.68. The third-order valence-corrected chi connectivity index (χ3v) is 13.7. The summed E-state index contributed by atoms with van der Waals surface area (Å²) in [5, 5.41) is 2.52. The largest absolute Gasteiger partial charge is 0.311 e. The first-order valence-corrected chi connectivity index (χ1v) is 24.6. The monoisotopic (exact) mass is 918 g/mol. The van der Waals surface area contributed by atoms with Gasteiger partial charge in [0.15, 0.2) is 0 Å². The quantitative estimate of drug-likeness (QED) is 0.120. The van der Waals surface area contributed by atoms with Crippen LogP contribution in [0, 0.1) is 0 Å². The SMILES string of the molecule is c1ccc(-c2ccc(N(c3ccc(-c4ccccc4)cc3)c3ccc(-c4ccc(N(c5ccc(-c6ccccc6)cc5)c5ccc(-c6ccc(-c7cccc8ccccc78)cc6)cc5)cc4)cc3)cc2)cc1. The van der Waals surface area contributed by atoms with Crippen molar-refractivity contribution in [2.75, 3.05) is 9.80 Å². The molecule has 0 atom stereocenters. The van der Waals surface area contributed by atoms with Crippen LogP contribution >= 0.6 is 0 Å². The average molecular weight is 919 g/mol. The van der Waals surface area contributed by atoms with Gasteiger partial charge >= 0.3 is 0 Å². The van der Waals surface area contributed by atoms with Crippen LogP contribution < -0.4 is 9.80 Å². The van der Waals surface area contributed by atoms with E-state index in [0.29, 0.717) is 0 Å². The summed E-state index contributed by atoms with van der Waals surface area (Å²) in [7, 11) is 0. The van der Waals surface area contributed by atoms with Crippen molar-refractivity contribution < 1.29 is 0 Å². The van der Waals surface area contributed by atoms with E-state index in [1.54, 1.807) is 0 Å². The molecule has 12 aromatic carbocycles. The van der Waals surface area contributed by atoms with Gasteiger partial charge in [0.25, 0.3) is 0 Å². The molecule has 12 rings (SSSR count). The van der Waals surface area contributed by atoms with Crippen molar-refractivity contribution in [3.8, 4) is 66.8 Å². The van der Waals surface area contributed by atoms with Gasteiger partial charge in [-0.05, 0) is 150 Å². The summed E-state index contributed by atoms with van der Waals surface area (Å²) >= 11 is 0. The number of hydrogen-bond acceptors (Lipinski definition) is 2. The zero-order valence-corrected chi connectivity index (χ0v) is 39.8. The normalized spacial score (nSPS) is 11.1. The van der Waals surface area contributed by atoms with E-state index >= 15 is 0 Å². The van der Waals surface area contributed by atoms with Crippen molar-refractivity contribution in [2.45, 2.75) is 0 Å². The Morgan fingerprint density at radius 2 is 0.375 bits per heavy atom. The molecule has 12 aromatic rings. The number of nitrogens with zero attached hydrogens (tertiary/aromatic N) is 2. The molecule has 0 aromatic heterocycles. The molecule has 0 aliphatic heterocycles. The maximum atomic E-state index is 2.35. The van der Waals surface area contributed by atoms with Crippen molar-refractivity contribution in [1.29, 1.82) is 0 Å². The van der Waals surface area contributed by atoms with Gasteiger partial charge in [-0.25, -0.2) is 0 Å². The topological polar surface area (TPSA) is 6.48 Å². The van der Waals surface area contributed by atoms with E-state index < -0.39 is 0 Å². The summed E-state index contributed by atoms with van der Waals surface area (Å²) in [6, 6.07) is 109. The van der Waals surface area contributed by atoms with E-state index in [9.17, 15) is 0 Å². The fourth-order valence-corrected chi connectivity index (χ4v) is 9.92. The number of benzene rings is 12. The highest BCUT2D eigenvalue weighted by Gasteiger charge is 2.17. The highest BCUT2D eigenvalue weighted by molar-refractivity contribution is 5.97. The first-order valence-electron chi connectivity index (χ1n) is 24.6. The van der Waals surface area contributed by atoms with E-state index in [4.69, 9.17) is 0 Å². The molecule has 0 radical (unpaired) electrons. The molecule has 0 fully saturated rings. The predicted molar refractivity (Wildman–Crippen MR) is 306 cm³/mol. The first kappa shape index (κ1) is 43.8. The van der Waals surface area contributed by atoms with Crippen LogP contribution in [0.15, 0.2) is 303 Å². The van der Waals surface area contributed by atoms with Crippen molar-refractivity contribution in [3.05, 3.63) is 303 Å². The van der Waals surface area contributed by atoms with Gasteiger partial charge in [0, 0.05) is 34.1 Å². The van der Waals surface area contributed by atoms with E-state index in [1.807, 2.05) is 0 Å². The van der Waals surface area contributed by atoms with Gasteiger partial charge in [0.2, 0.25) is 0 Å². The maximum absolute atomic E-state index is 2.35. The minimum Gasteiger partial charge on any atom is -0.311 e. The Morgan fingerprint density at radius 1 is 0.153 bits per heavy atom. The summed E-state index contributed by atoms with van der Waals surface area (Å²) in [5.41, 5.74) is 20.8. The lowest BCUT2D eigenvalue weighted by Gasteiger charge is -2.27. The number of anilines is 6. The fourth-order valence-electron chi connectivity index (χ4n) is 9.92. The van der Waals surface area contributed by atoms with Gasteiger partial charge in [0.1, 0.15) is 0 Å². The van der Waals surface area contributed by atoms with Crippen LogP contribution in [-0.4, -0.2) is 0 Å². The summed E-state index contributed by atoms with van der Waals surface area (Å²) in [6.07, 6.45) is 0. The highest BCUT2D eigenvalue weighted by Crippen LogP contribution is 2.41. The van der Waals surface area contributed by atoms with Crippen LogP contribution in [0.5, 0.6) is 0 Å². The second-order valence-electron chi connectivity index (χ2n) is 18.2. The van der Waals surface area contributed by atoms with E-state index in [0.717, 1.165) is 45.3 Å². The summed E-state index contributed by atoms with van der Waals surface area (Å²) in [5.74, 6) is 0. The number of fused-ring (bicyclic) bond motifs is 1. The second-order valence-corrected chi connectivity index (χ2v) is 18.2. The molecule has 0 saturated carbocycles. The van der Waals surface area contributed by atoms with Gasteiger partial charge in [-0.2, -0.15) is 0 Å². The van der Waals surface area contributed by atoms with Crippen molar-refractivity contribution >= 4 is 44.9 Å². The van der Waals surface area contributed by atoms with Crippen molar-refractivity contribution in [2.24, 2.45) is 0 Å². The third kappa shape index (κ3) is 9.09. The Hall–Kier alpha value is -9.50. The summed E-state index contributed by atoms with van der Waals surface area (Å²) in [6.45, 7) is 0. The highest BCUT2D eigenvalue weighted by atomic mass is 15.1. The molecule has 0 N–H and O–H groups in total. The molecule has 0 bridgehead atoms. The molecular weight excluding hydrogens is 869 g/mol. The zero-order chi connectivity index (χ0) is 48.1. The molecule has 0 heterocycles. The number of hydrogen-bond donors (Lipinski definition) is 0. The van der Waals surface area contributed by atoms with Crippen molar-refractivity contribution in [3.63, 3.8) is 0 Å². The lowest BCUT2D eigenvalue weighted by atomic mass is 9.96. The second kappa shape index (κ2) is 19.8. The van der Waals surface area contributed by atoms with Crippen LogP contribution in [0.1, 0.15) is 0 Å². The minimum absolute atomic E-state index is 1.08. The van der Waals surface area contributed by atoms with Gasteiger partial charge in [-0.1, -0.05) is 231 Å². The molecular formula is C70H50N2. The van der Waals surface area contributed by atoms with Gasteiger partial charge in [-0.15, -0.1) is 0 Å². The van der Waals surface area contributed by atoms with E-state index in [-0.39, 0.29) is 0 Å². The smallest absolute Gasteiger partial charge is 0.0462 e. The Morgan fingerprint density at radius 3 is 0.681 bits per heavy atom. The molecule has 0 amide bonds. The molecule has 340 valence electrons. The maximum Gasteiger partial charge on any atom is 0.0462 e. The molecule has 0 aliphatic rings. The minimum atomic E-state index is 1.08. The molecule has 0 spiro atoms. The van der Waals surface area contributed by atoms with Crippen molar-refractivity contribution in [1.82, 2.24) is 0 Å². The van der Waals surface area contributed by atoms with Crippen LogP contribution in [-0.2, 0) is 0 Å². The number of rotatable bonds is 12. The fraction of sp³-hybridized carbons (Fsp3) is 0. The standard InChI is InChI=1S/C70H50N2/c1-4-13-51(14-5-1)55-27-39-63(40-28-55)71(64-41-29-56(30-42-64)52-15-6-2-7-16-52)67-47-35-59(36-48-67)60-37-49-68(50-38-60)72(65-43-31-57(32-44-65)53-17-8-3-9-18-53)66-45-33-58(34-46-66)54-23-25-62(26-24-54)70-22-12-20-61-19-10-11-21-69(61)70/h1-50H. The Kier molecular flexibility index (Phi) is 12.1. The predicted octanol–water partition coefficient (Wildman–Crippen LogP) is 19.8. The van der Waals surface area contributed by atoms with Crippen LogP contribution in [0.3, 0.4) is 0 Å². The van der Waals surface area contributed by atoms with E-state index in [1.165, 1.54) is 66.4 Å². The lowest BCUT2D eigenvalue weighted by Crippen LogP contribution is -2.10. The molecule has 0 aliphatic carbocycles. The molecule has 2 nitrogen and oxygen atoms in total. The zero-order valence-electron chi connectivity index (χ0n) is 39.8. The third-order valence-electron chi connectivity index (χ3n) is 13.7. The van der Waals surface area contributed by atoms with Crippen LogP contribution in [0.2, 0.25) is 0 Å².